The van der Waals surface area contributed by atoms with Crippen molar-refractivity contribution in [1.82, 2.24) is 3.11 Å². The van der Waals surface area contributed by atoms with Gasteiger partial charge in [-0.15, -0.1) is 0 Å². The van der Waals surface area contributed by atoms with E-state index >= 15 is 0 Å². The summed E-state index contributed by atoms with van der Waals surface area (Å²) in [6.07, 6.45) is 0.858. The van der Waals surface area contributed by atoms with Crippen molar-refractivity contribution in [2.75, 3.05) is 27.3 Å². The van der Waals surface area contributed by atoms with Crippen LogP contribution in [0.5, 0.6) is 0 Å². The Hall–Kier alpha value is 0.170. The molecule has 0 aromatic carbocycles. The van der Waals surface area contributed by atoms with Crippen LogP contribution in [0.3, 0.4) is 0 Å². The third-order valence-corrected chi connectivity index (χ3v) is 2.87. The highest BCUT2D eigenvalue weighted by Gasteiger charge is 2.22. The van der Waals surface area contributed by atoms with Crippen molar-refractivity contribution in [3.63, 3.8) is 0 Å². The third-order valence-electron chi connectivity index (χ3n) is 2.00. The second kappa shape index (κ2) is 5.81. The minimum Gasteiger partial charge on any atom is -0.376 e. The molecule has 74 valence electrons. The highest BCUT2D eigenvalue weighted by molar-refractivity contribution is 14.1. The van der Waals surface area contributed by atoms with Gasteiger partial charge >= 0.3 is 0 Å². The van der Waals surface area contributed by atoms with E-state index in [0.29, 0.717) is 0 Å². The largest absolute Gasteiger partial charge is 0.376 e. The molecule has 0 fully saturated rings. The molecular weight excluding hydrogens is 281 g/mol. The smallest absolute Gasteiger partial charge is 0.145 e. The minimum atomic E-state index is -0.0948. The standard InChI is InChI=1S/C9H14INO2/c1-12-8-5-3-4-6-11(10)7-9(8)13-2/h8-9H,4,6-7H2,1-2H3. The van der Waals surface area contributed by atoms with Gasteiger partial charge in [0.2, 0.25) is 0 Å². The van der Waals surface area contributed by atoms with Crippen LogP contribution in [0.2, 0.25) is 0 Å². The van der Waals surface area contributed by atoms with E-state index in [4.69, 9.17) is 9.47 Å². The van der Waals surface area contributed by atoms with E-state index in [-0.39, 0.29) is 12.2 Å². The van der Waals surface area contributed by atoms with Gasteiger partial charge in [0.05, 0.1) is 0 Å². The fourth-order valence-electron chi connectivity index (χ4n) is 1.23. The summed E-state index contributed by atoms with van der Waals surface area (Å²) in [5.74, 6) is 6.15. The summed E-state index contributed by atoms with van der Waals surface area (Å²) in [6, 6.07) is 0. The van der Waals surface area contributed by atoms with E-state index in [2.05, 4.69) is 37.8 Å². The molecule has 0 spiro atoms. The summed E-state index contributed by atoms with van der Waals surface area (Å²) in [4.78, 5) is 0. The predicted octanol–water partition coefficient (Wildman–Crippen LogP) is 1.08. The van der Waals surface area contributed by atoms with Gasteiger partial charge in [-0.05, 0) is 0 Å². The van der Waals surface area contributed by atoms with Gasteiger partial charge in [0, 0.05) is 56.6 Å². The number of rotatable bonds is 2. The van der Waals surface area contributed by atoms with Crippen LogP contribution in [0.4, 0.5) is 0 Å². The maximum absolute atomic E-state index is 5.33. The van der Waals surface area contributed by atoms with E-state index in [9.17, 15) is 0 Å². The summed E-state index contributed by atoms with van der Waals surface area (Å²) in [7, 11) is 3.37. The highest BCUT2D eigenvalue weighted by atomic mass is 127. The van der Waals surface area contributed by atoms with Crippen LogP contribution in [0.25, 0.3) is 0 Å². The van der Waals surface area contributed by atoms with Gasteiger partial charge < -0.3 is 9.47 Å². The highest BCUT2D eigenvalue weighted by Crippen LogP contribution is 2.11. The predicted molar refractivity (Wildman–Crippen MR) is 59.6 cm³/mol. The first-order valence-corrected chi connectivity index (χ1v) is 5.19. The van der Waals surface area contributed by atoms with Crippen LogP contribution >= 0.6 is 22.9 Å². The van der Waals surface area contributed by atoms with Crippen LogP contribution in [-0.4, -0.2) is 42.6 Å². The summed E-state index contributed by atoms with van der Waals surface area (Å²) >= 11 is 2.29. The van der Waals surface area contributed by atoms with E-state index in [1.807, 2.05) is 0 Å². The number of nitrogens with zero attached hydrogens (tertiary/aromatic N) is 1. The first-order chi connectivity index (χ1) is 6.27. The summed E-state index contributed by atoms with van der Waals surface area (Å²) in [5, 5.41) is 0. The Balaban J connectivity index is 2.66. The Morgan fingerprint density at radius 3 is 2.77 bits per heavy atom. The number of ether oxygens (including phenoxy) is 2. The van der Waals surface area contributed by atoms with Crippen LogP contribution in [0.1, 0.15) is 6.42 Å². The Labute approximate surface area is 93.3 Å². The Morgan fingerprint density at radius 1 is 1.38 bits per heavy atom. The van der Waals surface area contributed by atoms with Gasteiger partial charge in [-0.2, -0.15) is 0 Å². The second-order valence-corrected chi connectivity index (χ2v) is 4.23. The molecule has 0 N–H and O–H groups in total. The van der Waals surface area contributed by atoms with Crippen molar-refractivity contribution >= 4 is 22.9 Å². The van der Waals surface area contributed by atoms with E-state index in [0.717, 1.165) is 19.5 Å². The van der Waals surface area contributed by atoms with Crippen molar-refractivity contribution in [3.8, 4) is 11.8 Å². The molecule has 0 aliphatic carbocycles. The molecule has 0 aromatic rings. The summed E-state index contributed by atoms with van der Waals surface area (Å²) < 4.78 is 12.8. The molecule has 4 heteroatoms. The Morgan fingerprint density at radius 2 is 2.15 bits per heavy atom. The lowest BCUT2D eigenvalue weighted by molar-refractivity contribution is -0.0126. The molecule has 0 saturated carbocycles. The molecule has 0 aromatic heterocycles. The quantitative estimate of drug-likeness (QED) is 0.432. The fraction of sp³-hybridized carbons (Fsp3) is 0.778. The molecule has 1 rings (SSSR count). The molecule has 1 heterocycles. The zero-order chi connectivity index (χ0) is 9.68. The van der Waals surface area contributed by atoms with E-state index in [1.54, 1.807) is 14.2 Å². The Kier molecular flexibility index (Phi) is 5.02. The number of hydrogen-bond acceptors (Lipinski definition) is 3. The average molecular weight is 295 g/mol. The third kappa shape index (κ3) is 3.43. The lowest BCUT2D eigenvalue weighted by Crippen LogP contribution is -2.38. The molecule has 1 aliphatic heterocycles. The van der Waals surface area contributed by atoms with Gasteiger partial charge in [0.25, 0.3) is 0 Å². The van der Waals surface area contributed by atoms with Gasteiger partial charge in [0.1, 0.15) is 12.2 Å². The van der Waals surface area contributed by atoms with Crippen molar-refractivity contribution in [3.05, 3.63) is 0 Å². The maximum Gasteiger partial charge on any atom is 0.145 e. The first kappa shape index (κ1) is 11.2. The van der Waals surface area contributed by atoms with Crippen LogP contribution in [0.15, 0.2) is 0 Å². The van der Waals surface area contributed by atoms with Gasteiger partial charge in [-0.25, -0.2) is 3.11 Å². The molecule has 2 atom stereocenters. The van der Waals surface area contributed by atoms with Crippen molar-refractivity contribution in [2.45, 2.75) is 18.6 Å². The number of halogens is 1. The van der Waals surface area contributed by atoms with Crippen molar-refractivity contribution in [1.29, 1.82) is 0 Å². The monoisotopic (exact) mass is 295 g/mol. The maximum atomic E-state index is 5.33. The molecule has 0 amide bonds. The molecule has 0 saturated heterocycles. The van der Waals surface area contributed by atoms with Crippen molar-refractivity contribution < 1.29 is 9.47 Å². The second-order valence-electron chi connectivity index (χ2n) is 2.87. The van der Waals surface area contributed by atoms with Crippen molar-refractivity contribution in [2.24, 2.45) is 0 Å². The molecule has 13 heavy (non-hydrogen) atoms. The first-order valence-electron chi connectivity index (χ1n) is 4.22. The number of hydrogen-bond donors (Lipinski definition) is 0. The van der Waals surface area contributed by atoms with Gasteiger partial charge in [0.15, 0.2) is 0 Å². The fourth-order valence-corrected chi connectivity index (χ4v) is 1.86. The van der Waals surface area contributed by atoms with Gasteiger partial charge in [-0.3, -0.25) is 0 Å². The summed E-state index contributed by atoms with van der Waals surface area (Å²) in [6.45, 7) is 1.86. The molecule has 0 bridgehead atoms. The van der Waals surface area contributed by atoms with Crippen LogP contribution in [0, 0.1) is 11.8 Å². The molecule has 0 radical (unpaired) electrons. The topological polar surface area (TPSA) is 21.7 Å². The average Bonchev–Trinajstić information content (AvgIpc) is 2.11. The number of methoxy groups -OCH3 is 2. The normalized spacial score (nSPS) is 30.1. The van der Waals surface area contributed by atoms with E-state index in [1.165, 1.54) is 0 Å². The zero-order valence-corrected chi connectivity index (χ0v) is 10.1. The zero-order valence-electron chi connectivity index (χ0n) is 7.92. The molecular formula is C9H14INO2. The summed E-state index contributed by atoms with van der Waals surface area (Å²) in [5.41, 5.74) is 0. The van der Waals surface area contributed by atoms with Gasteiger partial charge in [-0.1, -0.05) is 11.8 Å². The van der Waals surface area contributed by atoms with Crippen LogP contribution in [-0.2, 0) is 9.47 Å². The lowest BCUT2D eigenvalue weighted by Gasteiger charge is -2.25. The molecule has 2 unspecified atom stereocenters. The van der Waals surface area contributed by atoms with Crippen LogP contribution < -0.4 is 0 Å². The molecule has 3 nitrogen and oxygen atoms in total. The molecule has 1 aliphatic rings. The minimum absolute atomic E-state index is 0.0506. The Bertz CT molecular complexity index is 211. The SMILES string of the molecule is COC1C#CCCN(I)CC1OC. The van der Waals surface area contributed by atoms with E-state index < -0.39 is 0 Å². The lowest BCUT2D eigenvalue weighted by atomic mass is 10.1.